The Bertz CT molecular complexity index is 6100. The molecule has 0 saturated carbocycles. The smallest absolute Gasteiger partial charge is 0.302 e. The molecule has 8 aromatic rings. The van der Waals surface area contributed by atoms with Gasteiger partial charge in [-0.2, -0.15) is 0 Å². The second-order valence-corrected chi connectivity index (χ2v) is 35.2. The monoisotopic (exact) mass is 1760 g/mol. The Morgan fingerprint density at radius 1 is 0.488 bits per heavy atom. The lowest BCUT2D eigenvalue weighted by Crippen LogP contribution is -2.45. The van der Waals surface area contributed by atoms with Crippen molar-refractivity contribution in [1.82, 2.24) is 9.97 Å². The van der Waals surface area contributed by atoms with Crippen LogP contribution < -0.4 is 62.1 Å². The molecule has 6 heterocycles. The highest BCUT2D eigenvalue weighted by Gasteiger charge is 2.42. The lowest BCUT2D eigenvalue weighted by molar-refractivity contribution is -0.159. The number of anilines is 4. The Morgan fingerprint density at radius 2 is 0.843 bits per heavy atom. The summed E-state index contributed by atoms with van der Waals surface area (Å²) in [6, 6.07) is 6.38. The predicted octanol–water partition coefficient (Wildman–Crippen LogP) is 11.6. The summed E-state index contributed by atoms with van der Waals surface area (Å²) in [5.74, 6) is -6.24. The zero-order valence-electron chi connectivity index (χ0n) is 75.8. The molecule has 4 aliphatic heterocycles. The maximum Gasteiger partial charge on any atom is 0.302 e. The van der Waals surface area contributed by atoms with E-state index in [1.807, 2.05) is 27.7 Å². The molecule has 18 atom stereocenters. The van der Waals surface area contributed by atoms with Crippen LogP contribution in [0.15, 0.2) is 125 Å². The molecule has 4 aliphatic rings. The number of hydrogen-bond acceptors (Lipinski definition) is 26. The molecule has 2 fully saturated rings. The second-order valence-electron chi connectivity index (χ2n) is 35.2. The number of nitrogens with zero attached hydrogens (tertiary/aromatic N) is 4. The molecule has 6 aromatic carbocycles. The first-order valence-corrected chi connectivity index (χ1v) is 43.2. The predicted molar refractivity (Wildman–Crippen MR) is 493 cm³/mol. The summed E-state index contributed by atoms with van der Waals surface area (Å²) in [5, 5.41) is 96.1. The maximum absolute atomic E-state index is 14.6. The van der Waals surface area contributed by atoms with Crippen LogP contribution in [0.1, 0.15) is 161 Å². The number of piperidine rings is 2. The number of rotatable bonds is 28. The maximum atomic E-state index is 14.6. The number of carbonyl (C=O) groups is 4. The second kappa shape index (κ2) is 40.6. The molecule has 127 heavy (non-hydrogen) atoms. The summed E-state index contributed by atoms with van der Waals surface area (Å²) in [5.41, 5.74) is -1.43. The molecular formula is C97H124N6O24. The van der Waals surface area contributed by atoms with Gasteiger partial charge in [0, 0.05) is 144 Å². The molecular weight excluding hydrogens is 1630 g/mol. The number of fused-ring (bicyclic) bond motifs is 12. The van der Waals surface area contributed by atoms with Crippen LogP contribution in [0, 0.1) is 78.9 Å². The minimum atomic E-state index is -1.03. The van der Waals surface area contributed by atoms with Gasteiger partial charge < -0.3 is 100 Å². The summed E-state index contributed by atoms with van der Waals surface area (Å²) in [7, 11) is 0. The highest BCUT2D eigenvalue weighted by atomic mass is 16.6. The van der Waals surface area contributed by atoms with E-state index in [1.165, 1.54) is 52.0 Å². The van der Waals surface area contributed by atoms with Crippen molar-refractivity contribution >= 4 is 124 Å². The van der Waals surface area contributed by atoms with Crippen LogP contribution in [0.2, 0.25) is 0 Å². The van der Waals surface area contributed by atoms with E-state index in [2.05, 4.69) is 40.5 Å². The van der Waals surface area contributed by atoms with E-state index in [0.717, 1.165) is 58.3 Å². The van der Waals surface area contributed by atoms with Crippen molar-refractivity contribution in [2.75, 3.05) is 46.6 Å². The Labute approximate surface area is 735 Å². The molecule has 14 N–H and O–H groups in total. The SMILES string of the molecule is C=C[C@H](C)[C@@H](C)[C@@H](OC(C)=O)[C@H](C)[C@H](O)[C@H](C)[C@@H](O)[C@@H](C)/C=C/C=C(/C)C(=O)Nc1c(=O)c2c(O)c(C)c3c(c2c2nc4c(=O)cc(N5CCC(C)CC5)cc4oc12)=C(O)[C@H](C)O3.C=C[C@H](C)[C@@H](C)[C@@H](OC(C)=O)[C@H](C)[C@H](O)[C@H](C)[C@@H](O)[C@@H](C)/C=C/C=C(/C)C(=O)Nc1c(=O)c2c(O)c(C)c3c(c2c2nc4c(=O)cc(N5CCCCC5)cc4oc12)=C(O)[C@H](C)O3.O.O. The Morgan fingerprint density at radius 3 is 1.19 bits per heavy atom. The van der Waals surface area contributed by atoms with Crippen molar-refractivity contribution in [3.05, 3.63) is 160 Å². The zero-order valence-corrected chi connectivity index (χ0v) is 75.8. The number of aliphatic hydroxyl groups is 6. The third-order valence-electron chi connectivity index (χ3n) is 26.4. The van der Waals surface area contributed by atoms with Gasteiger partial charge >= 0.3 is 11.9 Å². The molecule has 686 valence electrons. The molecule has 30 heteroatoms. The Kier molecular flexibility index (Phi) is 31.7. The highest BCUT2D eigenvalue weighted by molar-refractivity contribution is 6.18. The molecule has 0 unspecified atom stereocenters. The number of ether oxygens (including phenoxy) is 4. The van der Waals surface area contributed by atoms with Crippen molar-refractivity contribution in [2.24, 2.45) is 65.1 Å². The van der Waals surface area contributed by atoms with Gasteiger partial charge in [0.25, 0.3) is 11.8 Å². The van der Waals surface area contributed by atoms with Crippen molar-refractivity contribution in [1.29, 1.82) is 0 Å². The number of esters is 2. The normalized spacial score (nSPS) is 19.5. The number of phenolic OH excluding ortho intramolecular Hbond substituents is 2. The van der Waals surface area contributed by atoms with Crippen LogP contribution in [-0.2, 0) is 28.7 Å². The first kappa shape index (κ1) is 99.2. The van der Waals surface area contributed by atoms with Gasteiger partial charge in [0.2, 0.25) is 21.7 Å². The standard InChI is InChI=1S/C49H61N3O11.C48H59N3O11.2H2O/c1-12-23(3)26(6)46(62-31(11)53)28(8)42(56)27(7)41(55)24(4)14-13-15-25(5)49(60)51-40-45(59)36-35(37-44(58)30(10)61-47(37)29(9)43(36)57)39-48(40)63-34-21-32(20-33(54)38(34)50-39)52-18-16-22(2)17-19-52;1-11-22(2)25(5)45(61-30(10)52)27(7)41(55)26(6)40(54)23(3)16-15-17-24(4)48(59)50-39-44(58)35-34(36-43(57)29(9)60-46(36)28(8)42(35)56)38-47(39)62-33-21-31(20-32(53)37(33)49-38)51-18-13-12-14-19-51;;/h12-15,20-24,26-28,30,41-42,46,55-58H,1,16-19H2,2-11H3,(H,51,60);11,15-17,20-23,25-27,29,40-41,45,54-57H,1,12-14,18-19H2,2-10H3,(H,50,59);2*1H2/b14-13+,25-15-;16-15+,24-17-;;/t23-,24-,26+,27+,28+,30-,41-,42+,46+;22-,23-,25+,26+,27+,29-,40-,41+,45+;;/m00../s1. The molecule has 0 radical (unpaired) electrons. The van der Waals surface area contributed by atoms with Gasteiger partial charge in [0.1, 0.15) is 69.1 Å². The number of benzene rings is 6. The van der Waals surface area contributed by atoms with Crippen molar-refractivity contribution in [3.8, 4) is 23.0 Å². The van der Waals surface area contributed by atoms with E-state index < -0.39 is 141 Å². The van der Waals surface area contributed by atoms with E-state index in [1.54, 1.807) is 118 Å². The topological polar surface area (TPSA) is 481 Å². The largest absolute Gasteiger partial charge is 0.508 e. The zero-order chi connectivity index (χ0) is 91.8. The van der Waals surface area contributed by atoms with Crippen LogP contribution in [0.3, 0.4) is 0 Å². The van der Waals surface area contributed by atoms with Crippen LogP contribution in [-0.4, -0.2) is 161 Å². The van der Waals surface area contributed by atoms with Gasteiger partial charge in [-0.15, -0.1) is 13.2 Å². The van der Waals surface area contributed by atoms with E-state index >= 15 is 0 Å². The molecule has 2 saturated heterocycles. The molecule has 30 nitrogen and oxygen atoms in total. The van der Waals surface area contributed by atoms with E-state index in [-0.39, 0.29) is 168 Å². The van der Waals surface area contributed by atoms with Gasteiger partial charge in [-0.05, 0) is 103 Å². The van der Waals surface area contributed by atoms with Gasteiger partial charge in [-0.3, -0.25) is 38.4 Å². The fourth-order valence-electron chi connectivity index (χ4n) is 17.6. The molecule has 2 amide bonds. The Hall–Kier alpha value is -11.5. The van der Waals surface area contributed by atoms with Crippen molar-refractivity contribution in [3.63, 3.8) is 0 Å². The molecule has 2 aromatic heterocycles. The summed E-state index contributed by atoms with van der Waals surface area (Å²) < 4.78 is 35.9. The summed E-state index contributed by atoms with van der Waals surface area (Å²) >= 11 is 0. The highest BCUT2D eigenvalue weighted by Crippen LogP contribution is 2.43. The molecule has 0 aliphatic carbocycles. The van der Waals surface area contributed by atoms with Crippen LogP contribution in [0.5, 0.6) is 23.0 Å². The lowest BCUT2D eigenvalue weighted by Gasteiger charge is -2.37. The average Bonchev–Trinajstić information content (AvgIpc) is 1.69. The quantitative estimate of drug-likeness (QED) is 0.00544. The van der Waals surface area contributed by atoms with Gasteiger partial charge in [0.15, 0.2) is 45.6 Å². The van der Waals surface area contributed by atoms with Crippen molar-refractivity contribution < 1.29 is 98.8 Å². The summed E-state index contributed by atoms with van der Waals surface area (Å²) in [6.45, 7) is 43.2. The number of hydrogen-bond donors (Lipinski definition) is 10. The first-order chi connectivity index (χ1) is 59.0. The summed E-state index contributed by atoms with van der Waals surface area (Å²) in [6.07, 6.45) is 11.1. The minimum Gasteiger partial charge on any atom is -0.508 e. The number of amides is 2. The number of aromatic nitrogens is 2. The van der Waals surface area contributed by atoms with Gasteiger partial charge in [-0.1, -0.05) is 125 Å². The minimum absolute atomic E-state index is 0. The number of aliphatic hydroxyl groups excluding tert-OH is 6. The van der Waals surface area contributed by atoms with Crippen LogP contribution >= 0.6 is 0 Å². The van der Waals surface area contributed by atoms with Gasteiger partial charge in [-0.25, -0.2) is 9.97 Å². The lowest BCUT2D eigenvalue weighted by atomic mass is 9.77. The average molecular weight is 1760 g/mol. The third kappa shape index (κ3) is 19.8. The van der Waals surface area contributed by atoms with Crippen LogP contribution in [0.4, 0.5) is 22.7 Å². The molecule has 0 spiro atoms. The number of allylic oxidation sites excluding steroid dienone is 6. The fraction of sp³-hybridized carbons (Fsp3) is 0.485. The van der Waals surface area contributed by atoms with Crippen LogP contribution in [0.25, 0.3) is 77.5 Å². The molecule has 0 bridgehead atoms. The molecule has 12 rings (SSSR count). The Balaban J connectivity index is 0.000000283. The van der Waals surface area contributed by atoms with Crippen molar-refractivity contribution in [2.45, 2.75) is 212 Å². The first-order valence-electron chi connectivity index (χ1n) is 43.2. The summed E-state index contributed by atoms with van der Waals surface area (Å²) in [4.78, 5) is 122. The van der Waals surface area contributed by atoms with E-state index in [4.69, 9.17) is 37.7 Å². The third-order valence-corrected chi connectivity index (χ3v) is 26.4. The number of aromatic hydroxyl groups is 2. The van der Waals surface area contributed by atoms with E-state index in [0.29, 0.717) is 17.3 Å². The number of phenols is 2. The number of nitrogens with one attached hydrogen (secondary N) is 2. The van der Waals surface area contributed by atoms with E-state index in [9.17, 15) is 79.2 Å². The van der Waals surface area contributed by atoms with Gasteiger partial charge in [0.05, 0.1) is 45.6 Å². The number of carbonyl (C=O) groups excluding carboxylic acids is 4. The fourth-order valence-corrected chi connectivity index (χ4v) is 17.6.